The predicted molar refractivity (Wildman–Crippen MR) is 188 cm³/mol. The molecule has 3 aromatic rings. The highest BCUT2D eigenvalue weighted by Crippen LogP contribution is 2.35. The molecule has 1 saturated carbocycles. The molecule has 0 radical (unpaired) electrons. The van der Waals surface area contributed by atoms with E-state index < -0.39 is 29.7 Å². The maximum absolute atomic E-state index is 13.1. The Labute approximate surface area is 289 Å². The van der Waals surface area contributed by atoms with Crippen LogP contribution in [0, 0.1) is 5.92 Å². The van der Waals surface area contributed by atoms with Gasteiger partial charge in [-0.3, -0.25) is 39.4 Å². The number of fused-ring (bicyclic) bond motifs is 4. The van der Waals surface area contributed by atoms with Gasteiger partial charge in [0.1, 0.15) is 6.04 Å². The molecule has 258 valence electrons. The minimum Gasteiger partial charge on any atom is -0.404 e. The average Bonchev–Trinajstić information content (AvgIpc) is 3.57. The van der Waals surface area contributed by atoms with Gasteiger partial charge < -0.3 is 20.7 Å². The predicted octanol–water partition coefficient (Wildman–Crippen LogP) is 3.44. The number of nitrogens with two attached hydrogens (primary N) is 1. The fourth-order valence-electron chi connectivity index (χ4n) is 7.80. The van der Waals surface area contributed by atoms with E-state index in [9.17, 15) is 19.2 Å². The normalized spacial score (nSPS) is 26.5. The standard InChI is InChI=1S/C37H40N8O5/c38-16-22(32-18-41-30-8-4-25(15-31(30)42-32)44-19-26-5-6-27(20-44)50-26)17-40-24-12-21(13-24)2-1-11-39-23-3-7-28-29(14-23)37(49)45(36(28)48)33-9-10-34(46)43-35(33)47/h3-4,7-8,14-18,21,24,26-27,33,39H,1-2,5-6,9-13,19-20,38H2,(H,43,46,47). The zero-order chi connectivity index (χ0) is 34.4. The van der Waals surface area contributed by atoms with Gasteiger partial charge in [0.15, 0.2) is 0 Å². The van der Waals surface area contributed by atoms with Gasteiger partial charge in [-0.25, -0.2) is 4.98 Å². The second kappa shape index (κ2) is 13.3. The first kappa shape index (κ1) is 32.1. The number of amides is 4. The summed E-state index contributed by atoms with van der Waals surface area (Å²) in [5.74, 6) is -1.43. The van der Waals surface area contributed by atoms with Crippen LogP contribution in [0.25, 0.3) is 16.6 Å². The average molecular weight is 677 g/mol. The summed E-state index contributed by atoms with van der Waals surface area (Å²) in [6.45, 7) is 2.53. The lowest BCUT2D eigenvalue weighted by Crippen LogP contribution is -2.54. The fourth-order valence-corrected chi connectivity index (χ4v) is 7.80. The number of carbonyl (C=O) groups excluding carboxylic acids is 4. The molecule has 13 nitrogen and oxygen atoms in total. The molecular weight excluding hydrogens is 636 g/mol. The largest absolute Gasteiger partial charge is 0.404 e. The Morgan fingerprint density at radius 2 is 1.80 bits per heavy atom. The molecule has 1 aromatic heterocycles. The molecule has 3 unspecified atom stereocenters. The molecule has 13 heteroatoms. The third-order valence-electron chi connectivity index (χ3n) is 10.6. The van der Waals surface area contributed by atoms with Crippen LogP contribution in [0.2, 0.25) is 0 Å². The van der Waals surface area contributed by atoms with Gasteiger partial charge in [0.25, 0.3) is 11.8 Å². The van der Waals surface area contributed by atoms with Crippen LogP contribution >= 0.6 is 0 Å². The molecule has 3 saturated heterocycles. The van der Waals surface area contributed by atoms with Gasteiger partial charge in [-0.15, -0.1) is 0 Å². The van der Waals surface area contributed by atoms with Gasteiger partial charge in [0.2, 0.25) is 11.8 Å². The summed E-state index contributed by atoms with van der Waals surface area (Å²) in [7, 11) is 0. The molecular formula is C37H40N8O5. The van der Waals surface area contributed by atoms with E-state index in [-0.39, 0.29) is 30.0 Å². The van der Waals surface area contributed by atoms with Gasteiger partial charge in [-0.2, -0.15) is 0 Å². The van der Waals surface area contributed by atoms with Gasteiger partial charge in [0, 0.05) is 55.4 Å². The fraction of sp³-hybridized carbons (Fsp3) is 0.432. The lowest BCUT2D eigenvalue weighted by atomic mass is 9.78. The van der Waals surface area contributed by atoms with Crippen LogP contribution < -0.4 is 21.3 Å². The van der Waals surface area contributed by atoms with Crippen LogP contribution in [0.15, 0.2) is 53.8 Å². The first-order chi connectivity index (χ1) is 24.3. The first-order valence-corrected chi connectivity index (χ1v) is 17.5. The number of carbonyl (C=O) groups is 4. The summed E-state index contributed by atoms with van der Waals surface area (Å²) in [5.41, 5.74) is 11.6. The SMILES string of the molecule is NC=C(C=NC1CC(CCCNc2ccc3c(c2)C(=O)N(C2CCC(=O)NC2=O)C3=O)C1)c1cnc2ccc(N3CC4CCC(C3)O4)cc2n1. The third-order valence-corrected chi connectivity index (χ3v) is 10.6. The molecule has 2 aromatic carbocycles. The van der Waals surface area contributed by atoms with Crippen molar-refractivity contribution >= 4 is 57.8 Å². The van der Waals surface area contributed by atoms with Crippen molar-refractivity contribution in [2.45, 2.75) is 75.7 Å². The molecule has 0 spiro atoms. The zero-order valence-corrected chi connectivity index (χ0v) is 27.7. The quantitative estimate of drug-likeness (QED) is 0.164. The van der Waals surface area contributed by atoms with Crippen molar-refractivity contribution in [3.63, 3.8) is 0 Å². The van der Waals surface area contributed by atoms with Gasteiger partial charge in [0.05, 0.1) is 52.3 Å². The number of benzene rings is 2. The molecule has 5 aliphatic rings. The number of ether oxygens (including phenoxy) is 1. The van der Waals surface area contributed by atoms with Crippen molar-refractivity contribution in [1.29, 1.82) is 0 Å². The van der Waals surface area contributed by atoms with Gasteiger partial charge in [-0.05, 0) is 87.3 Å². The molecule has 4 aliphatic heterocycles. The van der Waals surface area contributed by atoms with Crippen LogP contribution in [-0.2, 0) is 14.3 Å². The molecule has 3 atom stereocenters. The smallest absolute Gasteiger partial charge is 0.262 e. The summed E-state index contributed by atoms with van der Waals surface area (Å²) >= 11 is 0. The molecule has 4 amide bonds. The van der Waals surface area contributed by atoms with Crippen molar-refractivity contribution in [3.8, 4) is 0 Å². The zero-order valence-electron chi connectivity index (χ0n) is 27.7. The Morgan fingerprint density at radius 1 is 1.00 bits per heavy atom. The number of aliphatic imine (C=N–C) groups is 1. The molecule has 1 aliphatic carbocycles. The van der Waals surface area contributed by atoms with E-state index in [0.29, 0.717) is 23.8 Å². The molecule has 5 heterocycles. The number of morpholine rings is 1. The summed E-state index contributed by atoms with van der Waals surface area (Å²) < 4.78 is 6.01. The highest BCUT2D eigenvalue weighted by atomic mass is 16.5. The van der Waals surface area contributed by atoms with Crippen molar-refractivity contribution in [2.24, 2.45) is 16.6 Å². The van der Waals surface area contributed by atoms with Crippen LogP contribution in [0.3, 0.4) is 0 Å². The number of imide groups is 2. The van der Waals surface area contributed by atoms with Gasteiger partial charge in [-0.1, -0.05) is 0 Å². The molecule has 50 heavy (non-hydrogen) atoms. The van der Waals surface area contributed by atoms with Crippen LogP contribution in [-0.4, -0.2) is 88.6 Å². The molecule has 8 rings (SSSR count). The van der Waals surface area contributed by atoms with Crippen LogP contribution in [0.4, 0.5) is 11.4 Å². The van der Waals surface area contributed by atoms with Crippen molar-refractivity contribution in [1.82, 2.24) is 20.2 Å². The van der Waals surface area contributed by atoms with Gasteiger partial charge >= 0.3 is 0 Å². The maximum Gasteiger partial charge on any atom is 0.262 e. The van der Waals surface area contributed by atoms with E-state index in [2.05, 4.69) is 32.7 Å². The van der Waals surface area contributed by atoms with E-state index in [0.717, 1.165) is 91.0 Å². The summed E-state index contributed by atoms with van der Waals surface area (Å²) in [5, 5.41) is 5.58. The summed E-state index contributed by atoms with van der Waals surface area (Å²) in [4.78, 5) is 67.6. The highest BCUT2D eigenvalue weighted by Gasteiger charge is 2.44. The minimum absolute atomic E-state index is 0.0918. The monoisotopic (exact) mass is 676 g/mol. The van der Waals surface area contributed by atoms with Crippen molar-refractivity contribution in [3.05, 3.63) is 65.6 Å². The number of aromatic nitrogens is 2. The maximum atomic E-state index is 13.1. The Bertz CT molecular complexity index is 1930. The number of nitrogens with zero attached hydrogens (tertiary/aromatic N) is 5. The van der Waals surface area contributed by atoms with Crippen LogP contribution in [0.5, 0.6) is 0 Å². The lowest BCUT2D eigenvalue weighted by Gasteiger charge is -2.33. The summed E-state index contributed by atoms with van der Waals surface area (Å²) in [6, 6.07) is 10.6. The molecule has 4 N–H and O–H groups in total. The third kappa shape index (κ3) is 6.21. The van der Waals surface area contributed by atoms with E-state index in [1.54, 1.807) is 30.6 Å². The first-order valence-electron chi connectivity index (χ1n) is 17.5. The number of rotatable bonds is 10. The Morgan fingerprint density at radius 3 is 2.58 bits per heavy atom. The van der Waals surface area contributed by atoms with Crippen molar-refractivity contribution in [2.75, 3.05) is 29.9 Å². The molecule has 2 bridgehead atoms. The topological polar surface area (TPSA) is 172 Å². The number of piperidine rings is 1. The Balaban J connectivity index is 0.803. The summed E-state index contributed by atoms with van der Waals surface area (Å²) in [6.07, 6.45) is 12.2. The van der Waals surface area contributed by atoms with Crippen molar-refractivity contribution < 1.29 is 23.9 Å². The number of nitrogens with one attached hydrogen (secondary N) is 2. The molecule has 4 fully saturated rings. The number of hydrogen-bond donors (Lipinski definition) is 3. The highest BCUT2D eigenvalue weighted by molar-refractivity contribution is 6.23. The van der Waals surface area contributed by atoms with E-state index in [1.165, 1.54) is 0 Å². The Kier molecular flexibility index (Phi) is 8.51. The minimum atomic E-state index is -0.971. The second-order valence-corrected chi connectivity index (χ2v) is 14.0. The second-order valence-electron chi connectivity index (χ2n) is 14.0. The number of allylic oxidation sites excluding steroid dienone is 1. The lowest BCUT2D eigenvalue weighted by molar-refractivity contribution is -0.136. The number of anilines is 2. The Hall–Kier alpha value is -5.17. The van der Waals surface area contributed by atoms with E-state index in [4.69, 9.17) is 20.4 Å². The van der Waals surface area contributed by atoms with E-state index in [1.807, 2.05) is 12.3 Å². The van der Waals surface area contributed by atoms with Crippen LogP contribution in [0.1, 0.15) is 77.8 Å². The number of hydrogen-bond acceptors (Lipinski definition) is 11. The van der Waals surface area contributed by atoms with E-state index >= 15 is 0 Å².